The molecule has 3 aromatic rings. The predicted octanol–water partition coefficient (Wildman–Crippen LogP) is 0.681. The number of amides is 1. The maximum Gasteiger partial charge on any atom is 0.375 e. The number of benzene rings is 2. The predicted molar refractivity (Wildman–Crippen MR) is 122 cm³/mol. The van der Waals surface area contributed by atoms with Crippen LogP contribution in [0.5, 0.6) is 0 Å². The first kappa shape index (κ1) is 26.7. The Morgan fingerprint density at radius 3 is 2.11 bits per heavy atom. The standard InChI is InChI=1S/C20H12N6O12/c1-38-20(31)17(28)14(15-18(29)23-12-6-8(24(32)33)2-4-10(12)21-15)16(27)19(30)22-11-5-3-9(25(34)35)7-13(11)26(36)37/h2-7,14H,1H3,(H,22,30)(H,23,29)/t14-/m1/s1. The summed E-state index contributed by atoms with van der Waals surface area (Å²) in [6, 6.07) is 5.05. The van der Waals surface area contributed by atoms with Crippen molar-refractivity contribution in [3.8, 4) is 0 Å². The monoisotopic (exact) mass is 528 g/mol. The van der Waals surface area contributed by atoms with E-state index in [1.54, 1.807) is 0 Å². The minimum atomic E-state index is -2.48. The van der Waals surface area contributed by atoms with E-state index in [2.05, 4.69) is 14.7 Å². The van der Waals surface area contributed by atoms with Gasteiger partial charge in [0.1, 0.15) is 17.3 Å². The number of carbonyl (C=O) groups is 4. The van der Waals surface area contributed by atoms with Crippen LogP contribution in [0, 0.1) is 30.3 Å². The molecule has 1 aromatic heterocycles. The number of nitro benzene ring substituents is 3. The first-order chi connectivity index (χ1) is 17.8. The number of carbonyl (C=O) groups excluding carboxylic acids is 4. The molecule has 1 atom stereocenters. The molecule has 0 radical (unpaired) electrons. The van der Waals surface area contributed by atoms with E-state index in [9.17, 15) is 54.3 Å². The fourth-order valence-corrected chi connectivity index (χ4v) is 3.19. The van der Waals surface area contributed by atoms with Gasteiger partial charge in [-0.05, 0) is 12.1 Å². The summed E-state index contributed by atoms with van der Waals surface area (Å²) < 4.78 is 4.28. The zero-order chi connectivity index (χ0) is 28.3. The van der Waals surface area contributed by atoms with Gasteiger partial charge in [-0.2, -0.15) is 0 Å². The lowest BCUT2D eigenvalue weighted by atomic mass is 9.94. The number of methoxy groups -OCH3 is 1. The van der Waals surface area contributed by atoms with Crippen molar-refractivity contribution < 1.29 is 38.7 Å². The molecule has 0 fully saturated rings. The number of nitrogens with zero attached hydrogens (tertiary/aromatic N) is 4. The summed E-state index contributed by atoms with van der Waals surface area (Å²) in [6.45, 7) is 0. The van der Waals surface area contributed by atoms with E-state index in [-0.39, 0.29) is 11.0 Å². The molecular formula is C20H12N6O12. The number of fused-ring (bicyclic) bond motifs is 1. The van der Waals surface area contributed by atoms with E-state index in [0.717, 1.165) is 37.4 Å². The molecule has 0 aliphatic rings. The lowest BCUT2D eigenvalue weighted by Crippen LogP contribution is -2.39. The summed E-state index contributed by atoms with van der Waals surface area (Å²) in [7, 11) is 0.777. The fourth-order valence-electron chi connectivity index (χ4n) is 3.19. The van der Waals surface area contributed by atoms with Gasteiger partial charge in [0, 0.05) is 18.2 Å². The molecule has 0 saturated carbocycles. The number of aromatic nitrogens is 2. The van der Waals surface area contributed by atoms with Gasteiger partial charge in [0.15, 0.2) is 0 Å². The van der Waals surface area contributed by atoms with Gasteiger partial charge in [0.25, 0.3) is 34.3 Å². The maximum absolute atomic E-state index is 13.0. The van der Waals surface area contributed by atoms with Crippen molar-refractivity contribution in [3.05, 3.63) is 82.8 Å². The van der Waals surface area contributed by atoms with Gasteiger partial charge in [0.2, 0.25) is 5.78 Å². The van der Waals surface area contributed by atoms with Crippen LogP contribution in [0.3, 0.4) is 0 Å². The molecule has 1 heterocycles. The van der Waals surface area contributed by atoms with Gasteiger partial charge >= 0.3 is 5.97 Å². The minimum Gasteiger partial charge on any atom is -0.463 e. The molecule has 0 bridgehead atoms. The van der Waals surface area contributed by atoms with E-state index in [1.807, 2.05) is 5.32 Å². The number of Topliss-reactive ketones (excluding diaryl/α,β-unsaturated/α-hetero) is 2. The molecule has 194 valence electrons. The number of nitrogens with one attached hydrogen (secondary N) is 2. The third-order valence-electron chi connectivity index (χ3n) is 4.96. The zero-order valence-corrected chi connectivity index (χ0v) is 18.7. The normalized spacial score (nSPS) is 11.3. The molecule has 18 nitrogen and oxygen atoms in total. The lowest BCUT2D eigenvalue weighted by Gasteiger charge is -2.13. The molecule has 0 spiro atoms. The van der Waals surface area contributed by atoms with Crippen LogP contribution in [0.4, 0.5) is 22.7 Å². The Kier molecular flexibility index (Phi) is 7.27. The highest BCUT2D eigenvalue weighted by Gasteiger charge is 2.41. The molecule has 38 heavy (non-hydrogen) atoms. The number of non-ortho nitro benzene ring substituents is 2. The van der Waals surface area contributed by atoms with E-state index in [1.165, 1.54) is 0 Å². The topological polar surface area (TPSA) is 265 Å². The SMILES string of the molecule is COC(=O)C(=O)[C@@H](C(=O)C(=O)Nc1ccc([N+](=O)[O-])cc1[N+](=O)[O-])c1nc2ccc([N+](=O)[O-])cc2[nH]c1=O. The number of nitro groups is 3. The molecule has 2 aromatic carbocycles. The van der Waals surface area contributed by atoms with E-state index < -0.39 is 78.1 Å². The van der Waals surface area contributed by atoms with Gasteiger partial charge in [-0.15, -0.1) is 0 Å². The number of H-pyrrole nitrogens is 1. The van der Waals surface area contributed by atoms with E-state index in [4.69, 9.17) is 0 Å². The third kappa shape index (κ3) is 5.17. The Balaban J connectivity index is 2.08. The molecule has 18 heteroatoms. The highest BCUT2D eigenvalue weighted by atomic mass is 16.6. The molecular weight excluding hydrogens is 516 g/mol. The number of aromatic amines is 1. The Morgan fingerprint density at radius 2 is 1.53 bits per heavy atom. The van der Waals surface area contributed by atoms with Crippen molar-refractivity contribution >= 4 is 57.2 Å². The minimum absolute atomic E-state index is 0.160. The number of ketones is 2. The molecule has 0 aliphatic heterocycles. The average molecular weight is 528 g/mol. The Hall–Kier alpha value is -5.94. The summed E-state index contributed by atoms with van der Waals surface area (Å²) in [6.07, 6.45) is 0. The summed E-state index contributed by atoms with van der Waals surface area (Å²) in [4.78, 5) is 99.3. The van der Waals surface area contributed by atoms with Crippen molar-refractivity contribution in [2.75, 3.05) is 12.4 Å². The van der Waals surface area contributed by atoms with Crippen molar-refractivity contribution in [3.63, 3.8) is 0 Å². The van der Waals surface area contributed by atoms with Gasteiger partial charge in [-0.25, -0.2) is 9.78 Å². The second-order valence-electron chi connectivity index (χ2n) is 7.23. The summed E-state index contributed by atoms with van der Waals surface area (Å²) in [5, 5.41) is 35.0. The largest absolute Gasteiger partial charge is 0.463 e. The fraction of sp³-hybridized carbons (Fsp3) is 0.100. The van der Waals surface area contributed by atoms with Crippen LogP contribution in [0.25, 0.3) is 11.0 Å². The number of hydrogen-bond donors (Lipinski definition) is 2. The molecule has 3 rings (SSSR count). The second kappa shape index (κ2) is 10.4. The number of rotatable bonds is 9. The zero-order valence-electron chi connectivity index (χ0n) is 18.7. The van der Waals surface area contributed by atoms with Crippen LogP contribution in [-0.4, -0.2) is 55.3 Å². The molecule has 1 amide bonds. The molecule has 0 unspecified atom stereocenters. The molecule has 0 saturated heterocycles. The Labute approximate surface area is 207 Å². The Bertz CT molecular complexity index is 1630. The first-order valence-corrected chi connectivity index (χ1v) is 9.94. The number of hydrogen-bond acceptors (Lipinski definition) is 13. The summed E-state index contributed by atoms with van der Waals surface area (Å²) in [5.41, 5.74) is -5.31. The number of anilines is 1. The lowest BCUT2D eigenvalue weighted by molar-refractivity contribution is -0.393. The van der Waals surface area contributed by atoms with Crippen LogP contribution in [0.15, 0.2) is 41.2 Å². The van der Waals surface area contributed by atoms with Gasteiger partial charge in [-0.3, -0.25) is 49.5 Å². The van der Waals surface area contributed by atoms with Crippen LogP contribution >= 0.6 is 0 Å². The van der Waals surface area contributed by atoms with Gasteiger partial charge < -0.3 is 15.0 Å². The van der Waals surface area contributed by atoms with Crippen LogP contribution < -0.4 is 10.9 Å². The van der Waals surface area contributed by atoms with Gasteiger partial charge in [0.05, 0.1) is 39.0 Å². The number of ether oxygens (including phenoxy) is 1. The van der Waals surface area contributed by atoms with Crippen molar-refractivity contribution in [1.82, 2.24) is 9.97 Å². The Morgan fingerprint density at radius 1 is 0.921 bits per heavy atom. The van der Waals surface area contributed by atoms with E-state index >= 15 is 0 Å². The first-order valence-electron chi connectivity index (χ1n) is 9.94. The van der Waals surface area contributed by atoms with Crippen LogP contribution in [-0.2, 0) is 23.9 Å². The molecule has 2 N–H and O–H groups in total. The highest BCUT2D eigenvalue weighted by Crippen LogP contribution is 2.29. The number of esters is 1. The summed E-state index contributed by atoms with van der Waals surface area (Å²) in [5.74, 6) is -9.28. The quantitative estimate of drug-likeness (QED) is 0.127. The second-order valence-corrected chi connectivity index (χ2v) is 7.23. The highest BCUT2D eigenvalue weighted by molar-refractivity contribution is 6.52. The van der Waals surface area contributed by atoms with Crippen molar-refractivity contribution in [2.45, 2.75) is 5.92 Å². The van der Waals surface area contributed by atoms with Crippen LogP contribution in [0.1, 0.15) is 11.6 Å². The van der Waals surface area contributed by atoms with Crippen molar-refractivity contribution in [2.24, 2.45) is 0 Å². The third-order valence-corrected chi connectivity index (χ3v) is 4.96. The van der Waals surface area contributed by atoms with E-state index in [0.29, 0.717) is 6.07 Å². The smallest absolute Gasteiger partial charge is 0.375 e. The molecule has 0 aliphatic carbocycles. The van der Waals surface area contributed by atoms with Crippen LogP contribution in [0.2, 0.25) is 0 Å². The van der Waals surface area contributed by atoms with Gasteiger partial charge in [-0.1, -0.05) is 0 Å². The van der Waals surface area contributed by atoms with Crippen molar-refractivity contribution in [1.29, 1.82) is 0 Å². The summed E-state index contributed by atoms with van der Waals surface area (Å²) >= 11 is 0. The average Bonchev–Trinajstić information content (AvgIpc) is 2.87. The maximum atomic E-state index is 13.0.